The fourth-order valence-electron chi connectivity index (χ4n) is 7.32. The molecule has 0 spiro atoms. The highest BCUT2D eigenvalue weighted by Gasteiger charge is 2.19. The molecule has 1 unspecified atom stereocenters. The Balaban J connectivity index is 4.48. The number of unbranched alkanes of at least 4 members (excludes halogenated alkanes) is 20. The molecular weight excluding hydrogens is 841 g/mol. The Kier molecular flexibility index (Phi) is 52.4. The Labute approximate surface area is 419 Å². The maximum atomic E-state index is 12.8. The summed E-state index contributed by atoms with van der Waals surface area (Å²) in [4.78, 5) is 38.0. The summed E-state index contributed by atoms with van der Waals surface area (Å²) < 4.78 is 16.7. The third-order valence-corrected chi connectivity index (χ3v) is 11.5. The van der Waals surface area contributed by atoms with Gasteiger partial charge in [0, 0.05) is 19.3 Å². The molecule has 0 aliphatic rings. The van der Waals surface area contributed by atoms with E-state index in [9.17, 15) is 14.4 Å². The van der Waals surface area contributed by atoms with Crippen LogP contribution < -0.4 is 0 Å². The first kappa shape index (κ1) is 64.1. The zero-order chi connectivity index (χ0) is 49.3. The zero-order valence-corrected chi connectivity index (χ0v) is 44.1. The van der Waals surface area contributed by atoms with Gasteiger partial charge >= 0.3 is 17.9 Å². The van der Waals surface area contributed by atoms with E-state index in [4.69, 9.17) is 14.2 Å². The predicted octanol–water partition coefficient (Wildman–Crippen LogP) is 18.7. The molecule has 0 saturated heterocycles. The van der Waals surface area contributed by atoms with Crippen molar-refractivity contribution in [1.82, 2.24) is 0 Å². The lowest BCUT2D eigenvalue weighted by atomic mass is 10.1. The molecule has 0 amide bonds. The van der Waals surface area contributed by atoms with E-state index in [0.717, 1.165) is 116 Å². The van der Waals surface area contributed by atoms with Crippen molar-refractivity contribution in [2.24, 2.45) is 0 Å². The normalized spacial score (nSPS) is 12.9. The van der Waals surface area contributed by atoms with E-state index in [1.165, 1.54) is 83.5 Å². The van der Waals surface area contributed by atoms with Crippen molar-refractivity contribution in [1.29, 1.82) is 0 Å². The first-order chi connectivity index (χ1) is 33.5. The smallest absolute Gasteiger partial charge is 0.306 e. The van der Waals surface area contributed by atoms with Crippen LogP contribution in [0.3, 0.4) is 0 Å². The van der Waals surface area contributed by atoms with Crippen molar-refractivity contribution in [3.05, 3.63) is 109 Å². The lowest BCUT2D eigenvalue weighted by molar-refractivity contribution is -0.166. The summed E-state index contributed by atoms with van der Waals surface area (Å²) in [5, 5.41) is 0. The molecule has 1 atom stereocenters. The molecule has 0 N–H and O–H groups in total. The second kappa shape index (κ2) is 55.7. The molecule has 0 saturated carbocycles. The molecule has 6 heteroatoms. The lowest BCUT2D eigenvalue weighted by Gasteiger charge is -2.18. The largest absolute Gasteiger partial charge is 0.462 e. The quantitative estimate of drug-likeness (QED) is 0.0262. The molecule has 0 aromatic carbocycles. The van der Waals surface area contributed by atoms with Crippen molar-refractivity contribution in [3.63, 3.8) is 0 Å². The van der Waals surface area contributed by atoms with Gasteiger partial charge in [-0.05, 0) is 116 Å². The van der Waals surface area contributed by atoms with E-state index in [-0.39, 0.29) is 37.5 Å². The van der Waals surface area contributed by atoms with Gasteiger partial charge in [0.05, 0.1) is 0 Å². The summed E-state index contributed by atoms with van der Waals surface area (Å²) in [6.45, 7) is 6.40. The van der Waals surface area contributed by atoms with Gasteiger partial charge in [-0.25, -0.2) is 0 Å². The van der Waals surface area contributed by atoms with Crippen LogP contribution in [0.4, 0.5) is 0 Å². The van der Waals surface area contributed by atoms with Crippen molar-refractivity contribution < 1.29 is 28.6 Å². The Hall–Kier alpha value is -3.93. The van der Waals surface area contributed by atoms with Crippen LogP contribution in [0.5, 0.6) is 0 Å². The Morgan fingerprint density at radius 3 is 1.00 bits per heavy atom. The second-order valence-corrected chi connectivity index (χ2v) is 18.1. The van der Waals surface area contributed by atoms with E-state index < -0.39 is 6.10 Å². The molecule has 0 aromatic heterocycles. The van der Waals surface area contributed by atoms with Gasteiger partial charge < -0.3 is 14.2 Å². The minimum absolute atomic E-state index is 0.114. The average molecular weight is 943 g/mol. The second-order valence-electron chi connectivity index (χ2n) is 18.1. The lowest BCUT2D eigenvalue weighted by Crippen LogP contribution is -2.30. The number of ether oxygens (including phenoxy) is 3. The van der Waals surface area contributed by atoms with Crippen LogP contribution in [0.2, 0.25) is 0 Å². The summed E-state index contributed by atoms with van der Waals surface area (Å²) in [7, 11) is 0. The average Bonchev–Trinajstić information content (AvgIpc) is 3.34. The summed E-state index contributed by atoms with van der Waals surface area (Å²) in [6.07, 6.45) is 75.2. The standard InChI is InChI=1S/C62H102O6/c1-4-7-10-13-16-19-22-25-27-29-30-31-32-33-35-37-40-43-46-49-52-55-61(64)67-58-59(57-66-60(63)54-51-48-45-42-39-36-24-21-18-15-12-9-6-3)68-62(65)56-53-50-47-44-41-38-34-28-26-23-20-17-14-11-8-5-2/h9,12,18,20-23,25,28-30,32-34,36,39,45,48,59H,4-8,10-11,13-17,19,24,26-27,31,35,37-38,40-44,46-47,49-58H2,1-3H3/b12-9-,21-18-,23-20-,25-22-,30-29-,33-32-,34-28-,39-36-,48-45-. The maximum absolute atomic E-state index is 12.8. The predicted molar refractivity (Wildman–Crippen MR) is 293 cm³/mol. The Morgan fingerprint density at radius 1 is 0.309 bits per heavy atom. The van der Waals surface area contributed by atoms with Gasteiger partial charge in [-0.3, -0.25) is 14.4 Å². The van der Waals surface area contributed by atoms with Gasteiger partial charge in [0.25, 0.3) is 0 Å². The number of rotatable bonds is 49. The van der Waals surface area contributed by atoms with Gasteiger partial charge in [0.2, 0.25) is 0 Å². The molecule has 0 fully saturated rings. The van der Waals surface area contributed by atoms with E-state index >= 15 is 0 Å². The molecule has 6 nitrogen and oxygen atoms in total. The fraction of sp³-hybridized carbons (Fsp3) is 0.661. The van der Waals surface area contributed by atoms with Crippen molar-refractivity contribution >= 4 is 17.9 Å². The van der Waals surface area contributed by atoms with Crippen LogP contribution in [0.25, 0.3) is 0 Å². The van der Waals surface area contributed by atoms with Gasteiger partial charge in [-0.1, -0.05) is 220 Å². The summed E-state index contributed by atoms with van der Waals surface area (Å²) in [6, 6.07) is 0. The molecule has 0 bridgehead atoms. The van der Waals surface area contributed by atoms with E-state index in [1.54, 1.807) is 0 Å². The molecule has 0 aliphatic carbocycles. The molecular formula is C62H102O6. The topological polar surface area (TPSA) is 78.9 Å². The monoisotopic (exact) mass is 943 g/mol. The highest BCUT2D eigenvalue weighted by atomic mass is 16.6. The maximum Gasteiger partial charge on any atom is 0.306 e. The Bertz CT molecular complexity index is 1410. The van der Waals surface area contributed by atoms with E-state index in [0.29, 0.717) is 19.3 Å². The first-order valence-corrected chi connectivity index (χ1v) is 27.9. The fourth-order valence-corrected chi connectivity index (χ4v) is 7.32. The van der Waals surface area contributed by atoms with Gasteiger partial charge in [-0.15, -0.1) is 0 Å². The number of hydrogen-bond acceptors (Lipinski definition) is 6. The highest BCUT2D eigenvalue weighted by Crippen LogP contribution is 2.13. The van der Waals surface area contributed by atoms with E-state index in [1.807, 2.05) is 12.2 Å². The number of carbonyl (C=O) groups is 3. The molecule has 0 rings (SSSR count). The molecule has 68 heavy (non-hydrogen) atoms. The van der Waals surface area contributed by atoms with Gasteiger partial charge in [-0.2, -0.15) is 0 Å². The third kappa shape index (κ3) is 53.0. The molecule has 386 valence electrons. The van der Waals surface area contributed by atoms with Crippen LogP contribution in [0.1, 0.15) is 245 Å². The van der Waals surface area contributed by atoms with Crippen molar-refractivity contribution in [2.45, 2.75) is 252 Å². The zero-order valence-electron chi connectivity index (χ0n) is 44.1. The van der Waals surface area contributed by atoms with Crippen LogP contribution in [-0.2, 0) is 28.6 Å². The van der Waals surface area contributed by atoms with E-state index in [2.05, 4.69) is 118 Å². The van der Waals surface area contributed by atoms with Crippen LogP contribution >= 0.6 is 0 Å². The van der Waals surface area contributed by atoms with Crippen molar-refractivity contribution in [2.75, 3.05) is 13.2 Å². The number of carbonyl (C=O) groups excluding carboxylic acids is 3. The minimum atomic E-state index is -0.822. The molecule has 0 radical (unpaired) electrons. The molecule has 0 aliphatic heterocycles. The summed E-state index contributed by atoms with van der Waals surface area (Å²) >= 11 is 0. The van der Waals surface area contributed by atoms with Crippen molar-refractivity contribution in [3.8, 4) is 0 Å². The van der Waals surface area contributed by atoms with Crippen LogP contribution in [0, 0.1) is 0 Å². The van der Waals surface area contributed by atoms with Crippen LogP contribution in [0.15, 0.2) is 109 Å². The molecule has 0 heterocycles. The SMILES string of the molecule is CC/C=C\C/C=C\C/C=C\C/C=C\CCC(=O)OCC(COC(=O)CCCCCCCC/C=C\C/C=C\C/C=C\CCCCCCC)OC(=O)CCCCCCC/C=C\C/C=C\CCCCCC. The van der Waals surface area contributed by atoms with Gasteiger partial charge in [0.15, 0.2) is 6.10 Å². The highest BCUT2D eigenvalue weighted by molar-refractivity contribution is 5.71. The molecule has 0 aromatic rings. The number of esters is 3. The van der Waals surface area contributed by atoms with Gasteiger partial charge in [0.1, 0.15) is 13.2 Å². The third-order valence-electron chi connectivity index (χ3n) is 11.5. The first-order valence-electron chi connectivity index (χ1n) is 27.9. The minimum Gasteiger partial charge on any atom is -0.462 e. The number of hydrogen-bond donors (Lipinski definition) is 0. The summed E-state index contributed by atoms with van der Waals surface area (Å²) in [5.74, 6) is -1.03. The summed E-state index contributed by atoms with van der Waals surface area (Å²) in [5.41, 5.74) is 0. The Morgan fingerprint density at radius 2 is 0.603 bits per heavy atom. The number of allylic oxidation sites excluding steroid dienone is 18. The van der Waals surface area contributed by atoms with Crippen LogP contribution in [-0.4, -0.2) is 37.2 Å².